The van der Waals surface area contributed by atoms with Gasteiger partial charge in [-0.05, 0) is 24.1 Å². The first-order chi connectivity index (χ1) is 12.7. The number of benzene rings is 1. The molecule has 2 heterocycles. The van der Waals surface area contributed by atoms with Gasteiger partial charge in [-0.25, -0.2) is 0 Å². The Morgan fingerprint density at radius 3 is 2.62 bits per heavy atom. The monoisotopic (exact) mass is 355 g/mol. The molecule has 0 aliphatic carbocycles. The molecule has 3 rings (SSSR count). The summed E-state index contributed by atoms with van der Waals surface area (Å²) in [5.74, 6) is 1.46. The van der Waals surface area contributed by atoms with Crippen molar-refractivity contribution >= 4 is 16.8 Å². The minimum Gasteiger partial charge on any atom is -0.496 e. The Morgan fingerprint density at radius 2 is 1.96 bits per heavy atom. The van der Waals surface area contributed by atoms with Crippen molar-refractivity contribution in [2.45, 2.75) is 6.42 Å². The number of aromatic nitrogens is 2. The van der Waals surface area contributed by atoms with Crippen LogP contribution in [0.5, 0.6) is 17.2 Å². The molecule has 0 unspecified atom stereocenters. The van der Waals surface area contributed by atoms with Crippen molar-refractivity contribution in [2.75, 3.05) is 27.9 Å². The molecule has 1 aromatic carbocycles. The van der Waals surface area contributed by atoms with Gasteiger partial charge in [0.2, 0.25) is 0 Å². The lowest BCUT2D eigenvalue weighted by atomic mass is 10.2. The second-order valence-electron chi connectivity index (χ2n) is 5.65. The van der Waals surface area contributed by atoms with Crippen LogP contribution in [0.1, 0.15) is 16.1 Å². The van der Waals surface area contributed by atoms with Crippen LogP contribution in [0.3, 0.4) is 0 Å². The molecule has 26 heavy (non-hydrogen) atoms. The summed E-state index contributed by atoms with van der Waals surface area (Å²) in [4.78, 5) is 19.7. The predicted octanol–water partition coefficient (Wildman–Crippen LogP) is 2.56. The van der Waals surface area contributed by atoms with E-state index in [4.69, 9.17) is 14.2 Å². The zero-order valence-corrected chi connectivity index (χ0v) is 15.0. The molecule has 7 heteroatoms. The lowest BCUT2D eigenvalue weighted by Gasteiger charge is -2.11. The summed E-state index contributed by atoms with van der Waals surface area (Å²) >= 11 is 0. The Bertz CT molecular complexity index is 906. The Kier molecular flexibility index (Phi) is 5.26. The molecular formula is C19H21N3O4. The average Bonchev–Trinajstić information content (AvgIpc) is 3.12. The van der Waals surface area contributed by atoms with Gasteiger partial charge in [0.15, 0.2) is 11.5 Å². The van der Waals surface area contributed by atoms with Gasteiger partial charge in [-0.2, -0.15) is 0 Å². The number of H-pyrrole nitrogens is 1. The second kappa shape index (κ2) is 7.77. The number of aromatic amines is 1. The molecule has 2 N–H and O–H groups in total. The van der Waals surface area contributed by atoms with Gasteiger partial charge in [0.05, 0.1) is 26.8 Å². The maximum atomic E-state index is 12.5. The number of hydrogen-bond acceptors (Lipinski definition) is 5. The summed E-state index contributed by atoms with van der Waals surface area (Å²) in [7, 11) is 4.68. The zero-order valence-electron chi connectivity index (χ0n) is 15.0. The zero-order chi connectivity index (χ0) is 18.5. The molecular weight excluding hydrogens is 334 g/mol. The second-order valence-corrected chi connectivity index (χ2v) is 5.65. The molecule has 3 aromatic rings. The largest absolute Gasteiger partial charge is 0.496 e. The van der Waals surface area contributed by atoms with E-state index in [-0.39, 0.29) is 5.91 Å². The summed E-state index contributed by atoms with van der Waals surface area (Å²) in [6.45, 7) is 0.511. The van der Waals surface area contributed by atoms with Crippen LogP contribution in [-0.2, 0) is 6.42 Å². The number of fused-ring (bicyclic) bond motifs is 1. The maximum absolute atomic E-state index is 12.5. The third kappa shape index (κ3) is 3.42. The van der Waals surface area contributed by atoms with Gasteiger partial charge < -0.3 is 24.5 Å². The standard InChI is InChI=1S/C19H21N3O4/c1-24-15-10-16(25-2)18(26-3)17-13(15)9-14(22-17)19(23)21-8-6-12-5-4-7-20-11-12/h4-5,7,9-11,22H,6,8H2,1-3H3,(H,21,23). The van der Waals surface area contributed by atoms with Gasteiger partial charge >= 0.3 is 0 Å². The number of nitrogens with zero attached hydrogens (tertiary/aromatic N) is 1. The highest BCUT2D eigenvalue weighted by molar-refractivity contribution is 6.02. The predicted molar refractivity (Wildman–Crippen MR) is 98.2 cm³/mol. The minimum atomic E-state index is -0.201. The lowest BCUT2D eigenvalue weighted by Crippen LogP contribution is -2.25. The molecule has 0 radical (unpaired) electrons. The van der Waals surface area contributed by atoms with Crippen molar-refractivity contribution in [3.63, 3.8) is 0 Å². The summed E-state index contributed by atoms with van der Waals surface area (Å²) in [5.41, 5.74) is 2.15. The van der Waals surface area contributed by atoms with Crippen LogP contribution in [0.15, 0.2) is 36.7 Å². The molecule has 0 aliphatic rings. The van der Waals surface area contributed by atoms with Crippen molar-refractivity contribution in [3.8, 4) is 17.2 Å². The fourth-order valence-electron chi connectivity index (χ4n) is 2.82. The summed E-state index contributed by atoms with van der Waals surface area (Å²) < 4.78 is 16.2. The molecule has 0 saturated heterocycles. The highest BCUT2D eigenvalue weighted by atomic mass is 16.5. The van der Waals surface area contributed by atoms with Crippen molar-refractivity contribution in [1.82, 2.24) is 15.3 Å². The van der Waals surface area contributed by atoms with E-state index in [0.717, 1.165) is 10.9 Å². The first kappa shape index (κ1) is 17.6. The SMILES string of the molecule is COc1cc(OC)c2cc(C(=O)NCCc3cccnc3)[nH]c2c1OC. The van der Waals surface area contributed by atoms with Gasteiger partial charge in [0.1, 0.15) is 11.4 Å². The number of amides is 1. The van der Waals surface area contributed by atoms with E-state index in [0.29, 0.717) is 41.4 Å². The fraction of sp³-hybridized carbons (Fsp3) is 0.263. The summed E-state index contributed by atoms with van der Waals surface area (Å²) in [6, 6.07) is 7.33. The first-order valence-corrected chi connectivity index (χ1v) is 8.16. The van der Waals surface area contributed by atoms with Gasteiger partial charge in [-0.3, -0.25) is 9.78 Å². The topological polar surface area (TPSA) is 85.5 Å². The number of pyridine rings is 1. The number of rotatable bonds is 7. The van der Waals surface area contributed by atoms with E-state index < -0.39 is 0 Å². The van der Waals surface area contributed by atoms with E-state index in [2.05, 4.69) is 15.3 Å². The highest BCUT2D eigenvalue weighted by Crippen LogP contribution is 2.41. The minimum absolute atomic E-state index is 0.201. The molecule has 0 atom stereocenters. The van der Waals surface area contributed by atoms with Crippen LogP contribution < -0.4 is 19.5 Å². The average molecular weight is 355 g/mol. The molecule has 7 nitrogen and oxygen atoms in total. The quantitative estimate of drug-likeness (QED) is 0.680. The number of carbonyl (C=O) groups is 1. The fourth-order valence-corrected chi connectivity index (χ4v) is 2.82. The number of methoxy groups -OCH3 is 3. The van der Waals surface area contributed by atoms with E-state index in [1.807, 2.05) is 12.1 Å². The molecule has 136 valence electrons. The van der Waals surface area contributed by atoms with E-state index in [1.54, 1.807) is 45.9 Å². The molecule has 1 amide bonds. The first-order valence-electron chi connectivity index (χ1n) is 8.16. The van der Waals surface area contributed by atoms with Gasteiger partial charge in [0.25, 0.3) is 5.91 Å². The summed E-state index contributed by atoms with van der Waals surface area (Å²) in [5, 5.41) is 3.65. The number of nitrogens with one attached hydrogen (secondary N) is 2. The van der Waals surface area contributed by atoms with Crippen molar-refractivity contribution in [1.29, 1.82) is 0 Å². The highest BCUT2D eigenvalue weighted by Gasteiger charge is 2.19. The van der Waals surface area contributed by atoms with E-state index in [9.17, 15) is 4.79 Å². The van der Waals surface area contributed by atoms with Crippen molar-refractivity contribution in [2.24, 2.45) is 0 Å². The van der Waals surface area contributed by atoms with Crippen LogP contribution in [0.4, 0.5) is 0 Å². The van der Waals surface area contributed by atoms with Crippen LogP contribution >= 0.6 is 0 Å². The van der Waals surface area contributed by atoms with Crippen LogP contribution in [0.25, 0.3) is 10.9 Å². The maximum Gasteiger partial charge on any atom is 0.267 e. The Balaban J connectivity index is 1.82. The van der Waals surface area contributed by atoms with Gasteiger partial charge in [-0.15, -0.1) is 0 Å². The number of ether oxygens (including phenoxy) is 3. The van der Waals surface area contributed by atoms with E-state index in [1.165, 1.54) is 0 Å². The smallest absolute Gasteiger partial charge is 0.267 e. The Morgan fingerprint density at radius 1 is 1.15 bits per heavy atom. The Labute approximate surface area is 151 Å². The molecule has 0 bridgehead atoms. The van der Waals surface area contributed by atoms with E-state index >= 15 is 0 Å². The summed E-state index contributed by atoms with van der Waals surface area (Å²) in [6.07, 6.45) is 4.22. The molecule has 0 fully saturated rings. The third-order valence-electron chi connectivity index (χ3n) is 4.11. The number of carbonyl (C=O) groups excluding carboxylic acids is 1. The third-order valence-corrected chi connectivity index (χ3v) is 4.11. The van der Waals surface area contributed by atoms with Gasteiger partial charge in [0, 0.05) is 30.4 Å². The van der Waals surface area contributed by atoms with Crippen LogP contribution in [-0.4, -0.2) is 43.7 Å². The molecule has 0 aliphatic heterocycles. The molecule has 0 spiro atoms. The van der Waals surface area contributed by atoms with Crippen molar-refractivity contribution < 1.29 is 19.0 Å². The lowest BCUT2D eigenvalue weighted by molar-refractivity contribution is 0.0950. The van der Waals surface area contributed by atoms with Crippen molar-refractivity contribution in [3.05, 3.63) is 47.9 Å². The van der Waals surface area contributed by atoms with Crippen LogP contribution in [0, 0.1) is 0 Å². The van der Waals surface area contributed by atoms with Crippen LogP contribution in [0.2, 0.25) is 0 Å². The Hall–Kier alpha value is -3.22. The molecule has 2 aromatic heterocycles. The van der Waals surface area contributed by atoms with Gasteiger partial charge in [-0.1, -0.05) is 6.07 Å². The normalized spacial score (nSPS) is 10.6. The molecule has 0 saturated carbocycles. The number of hydrogen-bond donors (Lipinski definition) is 2.